The van der Waals surface area contributed by atoms with Crippen molar-refractivity contribution < 1.29 is 9.47 Å². The molecule has 106 valence electrons. The normalized spacial score (nSPS) is 11.9. The molecule has 2 aromatic rings. The van der Waals surface area contributed by atoms with Crippen LogP contribution >= 0.6 is 0 Å². The topological polar surface area (TPSA) is 43.4 Å². The summed E-state index contributed by atoms with van der Waals surface area (Å²) in [6.07, 6.45) is 3.65. The molecule has 20 heavy (non-hydrogen) atoms. The second-order valence-corrected chi connectivity index (χ2v) is 4.52. The number of aromatic nitrogens is 1. The van der Waals surface area contributed by atoms with E-state index in [1.54, 1.807) is 13.3 Å². The monoisotopic (exact) mass is 272 g/mol. The van der Waals surface area contributed by atoms with E-state index in [4.69, 9.17) is 9.47 Å². The van der Waals surface area contributed by atoms with Gasteiger partial charge in [0.15, 0.2) is 0 Å². The first-order valence-electron chi connectivity index (χ1n) is 6.68. The van der Waals surface area contributed by atoms with Crippen LogP contribution in [0, 0.1) is 0 Å². The summed E-state index contributed by atoms with van der Waals surface area (Å²) in [7, 11) is 1.66. The molecule has 1 N–H and O–H groups in total. The molecular weight excluding hydrogens is 252 g/mol. The molecule has 2 rings (SSSR count). The molecule has 4 nitrogen and oxygen atoms in total. The van der Waals surface area contributed by atoms with Crippen molar-refractivity contribution >= 4 is 5.69 Å². The van der Waals surface area contributed by atoms with Crippen LogP contribution in [0.5, 0.6) is 5.75 Å². The zero-order valence-electron chi connectivity index (χ0n) is 11.9. The SMILES string of the molecule is COCCOc1cccc(NC(C)c2cccnc2)c1. The molecule has 1 unspecified atom stereocenters. The van der Waals surface area contributed by atoms with Gasteiger partial charge < -0.3 is 14.8 Å². The van der Waals surface area contributed by atoms with Gasteiger partial charge in [-0.15, -0.1) is 0 Å². The van der Waals surface area contributed by atoms with Crippen LogP contribution in [-0.4, -0.2) is 25.3 Å². The predicted molar refractivity (Wildman–Crippen MR) is 80.1 cm³/mol. The third-order valence-electron chi connectivity index (χ3n) is 2.96. The number of nitrogens with zero attached hydrogens (tertiary/aromatic N) is 1. The Labute approximate surface area is 119 Å². The molecular formula is C16H20N2O2. The van der Waals surface area contributed by atoms with Gasteiger partial charge in [0.25, 0.3) is 0 Å². The fourth-order valence-electron chi connectivity index (χ4n) is 1.88. The minimum Gasteiger partial charge on any atom is -0.491 e. The van der Waals surface area contributed by atoms with Gasteiger partial charge in [-0.05, 0) is 30.7 Å². The molecule has 1 atom stereocenters. The molecule has 4 heteroatoms. The maximum atomic E-state index is 5.60. The third-order valence-corrected chi connectivity index (χ3v) is 2.96. The Bertz CT molecular complexity index is 517. The molecule has 0 spiro atoms. The molecule has 0 aliphatic heterocycles. The second-order valence-electron chi connectivity index (χ2n) is 4.52. The van der Waals surface area contributed by atoms with Gasteiger partial charge in [-0.1, -0.05) is 12.1 Å². The molecule has 1 heterocycles. The molecule has 0 amide bonds. The van der Waals surface area contributed by atoms with E-state index in [-0.39, 0.29) is 6.04 Å². The first kappa shape index (κ1) is 14.3. The van der Waals surface area contributed by atoms with Crippen LogP contribution < -0.4 is 10.1 Å². The number of methoxy groups -OCH3 is 1. The Hall–Kier alpha value is -2.07. The van der Waals surface area contributed by atoms with Crippen molar-refractivity contribution in [2.45, 2.75) is 13.0 Å². The lowest BCUT2D eigenvalue weighted by Crippen LogP contribution is -2.07. The van der Waals surface area contributed by atoms with Gasteiger partial charge in [0.2, 0.25) is 0 Å². The fourth-order valence-corrected chi connectivity index (χ4v) is 1.88. The van der Waals surface area contributed by atoms with E-state index in [2.05, 4.69) is 23.3 Å². The number of rotatable bonds is 7. The average Bonchev–Trinajstić information content (AvgIpc) is 2.49. The average molecular weight is 272 g/mol. The molecule has 0 saturated carbocycles. The van der Waals surface area contributed by atoms with Crippen molar-refractivity contribution in [3.05, 3.63) is 54.4 Å². The van der Waals surface area contributed by atoms with Crippen molar-refractivity contribution in [2.24, 2.45) is 0 Å². The predicted octanol–water partition coefficient (Wildman–Crippen LogP) is 3.28. The van der Waals surface area contributed by atoms with Crippen LogP contribution in [0.15, 0.2) is 48.8 Å². The van der Waals surface area contributed by atoms with Crippen molar-refractivity contribution in [1.29, 1.82) is 0 Å². The maximum Gasteiger partial charge on any atom is 0.121 e. The highest BCUT2D eigenvalue weighted by Crippen LogP contribution is 2.22. The van der Waals surface area contributed by atoms with Crippen LogP contribution in [0.2, 0.25) is 0 Å². The summed E-state index contributed by atoms with van der Waals surface area (Å²) in [4.78, 5) is 4.14. The molecule has 0 bridgehead atoms. The van der Waals surface area contributed by atoms with Gasteiger partial charge >= 0.3 is 0 Å². The van der Waals surface area contributed by atoms with Crippen molar-refractivity contribution in [2.75, 3.05) is 25.6 Å². The summed E-state index contributed by atoms with van der Waals surface area (Å²) < 4.78 is 10.6. The van der Waals surface area contributed by atoms with Crippen molar-refractivity contribution in [3.8, 4) is 5.75 Å². The highest BCUT2D eigenvalue weighted by atomic mass is 16.5. The zero-order chi connectivity index (χ0) is 14.2. The Morgan fingerprint density at radius 2 is 2.10 bits per heavy atom. The Morgan fingerprint density at radius 3 is 2.85 bits per heavy atom. The molecule has 0 aliphatic carbocycles. The lowest BCUT2D eigenvalue weighted by Gasteiger charge is -2.16. The summed E-state index contributed by atoms with van der Waals surface area (Å²) in [5.74, 6) is 0.838. The lowest BCUT2D eigenvalue weighted by atomic mass is 10.1. The third kappa shape index (κ3) is 4.24. The molecule has 1 aromatic carbocycles. The van der Waals surface area contributed by atoms with Crippen LogP contribution in [0.3, 0.4) is 0 Å². The van der Waals surface area contributed by atoms with Crippen LogP contribution in [-0.2, 0) is 4.74 Å². The summed E-state index contributed by atoms with van der Waals surface area (Å²) >= 11 is 0. The summed E-state index contributed by atoms with van der Waals surface area (Å²) in [5.41, 5.74) is 2.18. The van der Waals surface area contributed by atoms with E-state index in [1.165, 1.54) is 0 Å². The van der Waals surface area contributed by atoms with Crippen LogP contribution in [0.25, 0.3) is 0 Å². The van der Waals surface area contributed by atoms with Gasteiger partial charge in [-0.3, -0.25) is 4.98 Å². The number of pyridine rings is 1. The Morgan fingerprint density at radius 1 is 1.20 bits per heavy atom. The number of hydrogen-bond acceptors (Lipinski definition) is 4. The van der Waals surface area contributed by atoms with E-state index in [9.17, 15) is 0 Å². The van der Waals surface area contributed by atoms with Gasteiger partial charge in [0.05, 0.1) is 12.6 Å². The molecule has 1 aromatic heterocycles. The number of ether oxygens (including phenoxy) is 2. The second kappa shape index (κ2) is 7.50. The van der Waals surface area contributed by atoms with E-state index in [1.807, 2.05) is 36.5 Å². The Kier molecular flexibility index (Phi) is 5.38. The van der Waals surface area contributed by atoms with Gasteiger partial charge in [-0.2, -0.15) is 0 Å². The number of nitrogens with one attached hydrogen (secondary N) is 1. The number of benzene rings is 1. The van der Waals surface area contributed by atoms with Gasteiger partial charge in [-0.25, -0.2) is 0 Å². The van der Waals surface area contributed by atoms with E-state index in [0.29, 0.717) is 13.2 Å². The summed E-state index contributed by atoms with van der Waals surface area (Å²) in [5, 5.41) is 3.44. The minimum atomic E-state index is 0.193. The van der Waals surface area contributed by atoms with E-state index < -0.39 is 0 Å². The minimum absolute atomic E-state index is 0.193. The highest BCUT2D eigenvalue weighted by molar-refractivity contribution is 5.49. The summed E-state index contributed by atoms with van der Waals surface area (Å²) in [6.45, 7) is 3.25. The quantitative estimate of drug-likeness (QED) is 0.786. The van der Waals surface area contributed by atoms with Gasteiger partial charge in [0, 0.05) is 31.3 Å². The highest BCUT2D eigenvalue weighted by Gasteiger charge is 2.05. The van der Waals surface area contributed by atoms with E-state index >= 15 is 0 Å². The first-order valence-corrected chi connectivity index (χ1v) is 6.68. The molecule has 0 radical (unpaired) electrons. The lowest BCUT2D eigenvalue weighted by molar-refractivity contribution is 0.146. The fraction of sp³-hybridized carbons (Fsp3) is 0.312. The zero-order valence-corrected chi connectivity index (χ0v) is 11.9. The van der Waals surface area contributed by atoms with Crippen molar-refractivity contribution in [1.82, 2.24) is 4.98 Å². The van der Waals surface area contributed by atoms with E-state index in [0.717, 1.165) is 17.0 Å². The molecule has 0 saturated heterocycles. The maximum absolute atomic E-state index is 5.60. The van der Waals surface area contributed by atoms with Gasteiger partial charge in [0.1, 0.15) is 12.4 Å². The number of anilines is 1. The summed E-state index contributed by atoms with van der Waals surface area (Å²) in [6, 6.07) is 12.1. The van der Waals surface area contributed by atoms with Crippen molar-refractivity contribution in [3.63, 3.8) is 0 Å². The largest absolute Gasteiger partial charge is 0.491 e. The number of hydrogen-bond donors (Lipinski definition) is 1. The smallest absolute Gasteiger partial charge is 0.121 e. The standard InChI is InChI=1S/C16H20N2O2/c1-13(14-5-4-8-17-12-14)18-15-6-3-7-16(11-15)20-10-9-19-2/h3-8,11-13,18H,9-10H2,1-2H3. The molecule has 0 aliphatic rings. The first-order chi connectivity index (χ1) is 9.79. The Balaban J connectivity index is 1.97. The van der Waals surface area contributed by atoms with Crippen LogP contribution in [0.1, 0.15) is 18.5 Å². The van der Waals surface area contributed by atoms with Crippen LogP contribution in [0.4, 0.5) is 5.69 Å². The molecule has 0 fully saturated rings.